The number of carbonyl (C=O) groups is 1. The molecule has 0 bridgehead atoms. The van der Waals surface area contributed by atoms with Gasteiger partial charge in [-0.2, -0.15) is 0 Å². The maximum Gasteiger partial charge on any atom is 0.223 e. The quantitative estimate of drug-likeness (QED) is 0.375. The number of amides is 1. The molecule has 1 saturated heterocycles. The number of likely N-dealkylation sites (tertiary alicyclic amines) is 1. The highest BCUT2D eigenvalue weighted by Crippen LogP contribution is 2.59. The first-order chi connectivity index (χ1) is 18.1. The molecule has 0 unspecified atom stereocenters. The number of phenols is 1. The molecule has 2 N–H and O–H groups in total. The summed E-state index contributed by atoms with van der Waals surface area (Å²) < 4.78 is 5.53. The highest BCUT2D eigenvalue weighted by molar-refractivity contribution is 5.82. The summed E-state index contributed by atoms with van der Waals surface area (Å²) in [7, 11) is 0. The van der Waals surface area contributed by atoms with E-state index in [-0.39, 0.29) is 28.9 Å². The van der Waals surface area contributed by atoms with Gasteiger partial charge < -0.3 is 15.2 Å². The molecule has 194 valence electrons. The minimum absolute atomic E-state index is 0.135. The number of benzene rings is 3. The Bertz CT molecular complexity index is 1130. The highest BCUT2D eigenvalue weighted by Gasteiger charge is 2.58. The van der Waals surface area contributed by atoms with Gasteiger partial charge in [-0.15, -0.1) is 0 Å². The maximum absolute atomic E-state index is 13.1. The van der Waals surface area contributed by atoms with Crippen LogP contribution in [0.25, 0.3) is 0 Å². The summed E-state index contributed by atoms with van der Waals surface area (Å²) >= 11 is 0. The van der Waals surface area contributed by atoms with E-state index >= 15 is 0 Å². The van der Waals surface area contributed by atoms with Gasteiger partial charge in [-0.25, -0.2) is 0 Å². The van der Waals surface area contributed by atoms with Crippen molar-refractivity contribution in [3.63, 3.8) is 0 Å². The lowest BCUT2D eigenvalue weighted by atomic mass is 9.88. The summed E-state index contributed by atoms with van der Waals surface area (Å²) in [5, 5.41) is 13.8. The highest BCUT2D eigenvalue weighted by atomic mass is 16.5. The van der Waals surface area contributed by atoms with Crippen molar-refractivity contribution in [1.29, 1.82) is 0 Å². The summed E-state index contributed by atoms with van der Waals surface area (Å²) in [5.41, 5.74) is 3.64. The van der Waals surface area contributed by atoms with Crippen molar-refractivity contribution >= 4 is 5.91 Å². The molecule has 1 atom stereocenters. The molecular weight excluding hydrogens is 460 g/mol. The summed E-state index contributed by atoms with van der Waals surface area (Å²) in [4.78, 5) is 15.5. The Labute approximate surface area is 220 Å². The first kappa shape index (κ1) is 25.3. The number of carbonyl (C=O) groups excluding carboxylic acids is 1. The predicted octanol–water partition coefficient (Wildman–Crippen LogP) is 5.73. The SMILES string of the molecule is CCOc1cccc(CN2CCC3(CC2)C[C@H]3C(=O)NCCC(c2ccccc2)c2ccccc2)c1O. The molecule has 1 aliphatic heterocycles. The Kier molecular flexibility index (Phi) is 7.80. The number of phenolic OH excluding ortho intramolecular Hbond substituents is 1. The molecule has 5 rings (SSSR count). The number of rotatable bonds is 10. The number of nitrogens with one attached hydrogen (secondary N) is 1. The van der Waals surface area contributed by atoms with E-state index in [2.05, 4.69) is 58.7 Å². The van der Waals surface area contributed by atoms with Gasteiger partial charge in [-0.1, -0.05) is 72.8 Å². The molecule has 3 aromatic carbocycles. The molecule has 0 radical (unpaired) electrons. The summed E-state index contributed by atoms with van der Waals surface area (Å²) in [5.74, 6) is 1.43. The molecule has 1 aliphatic carbocycles. The van der Waals surface area contributed by atoms with Crippen LogP contribution in [0.15, 0.2) is 78.9 Å². The number of hydrogen-bond acceptors (Lipinski definition) is 4. The molecule has 0 aromatic heterocycles. The van der Waals surface area contributed by atoms with Gasteiger partial charge in [0.1, 0.15) is 0 Å². The molecule has 37 heavy (non-hydrogen) atoms. The largest absolute Gasteiger partial charge is 0.504 e. The molecule has 1 heterocycles. The topological polar surface area (TPSA) is 61.8 Å². The van der Waals surface area contributed by atoms with Crippen molar-refractivity contribution < 1.29 is 14.6 Å². The first-order valence-electron chi connectivity index (χ1n) is 13.6. The second kappa shape index (κ2) is 11.4. The lowest BCUT2D eigenvalue weighted by molar-refractivity contribution is -0.123. The van der Waals surface area contributed by atoms with Crippen LogP contribution in [0, 0.1) is 11.3 Å². The lowest BCUT2D eigenvalue weighted by Gasteiger charge is -2.33. The minimum atomic E-state index is 0.135. The molecule has 5 nitrogen and oxygen atoms in total. The predicted molar refractivity (Wildman–Crippen MR) is 147 cm³/mol. The van der Waals surface area contributed by atoms with Gasteiger partial charge in [-0.05, 0) is 68.3 Å². The van der Waals surface area contributed by atoms with Crippen LogP contribution < -0.4 is 10.1 Å². The van der Waals surface area contributed by atoms with E-state index < -0.39 is 0 Å². The van der Waals surface area contributed by atoms with E-state index in [1.807, 2.05) is 37.3 Å². The zero-order valence-electron chi connectivity index (χ0n) is 21.7. The van der Waals surface area contributed by atoms with Crippen LogP contribution in [-0.4, -0.2) is 42.2 Å². The molecule has 5 heteroatoms. The molecular formula is C32H38N2O3. The average Bonchev–Trinajstić information content (AvgIpc) is 3.64. The fourth-order valence-corrected chi connectivity index (χ4v) is 6.00. The molecule has 1 amide bonds. The average molecular weight is 499 g/mol. The van der Waals surface area contributed by atoms with Gasteiger partial charge in [0.2, 0.25) is 5.91 Å². The summed E-state index contributed by atoms with van der Waals surface area (Å²) in [6.07, 6.45) is 3.96. The van der Waals surface area contributed by atoms with Gasteiger partial charge in [0.05, 0.1) is 6.61 Å². The zero-order chi connectivity index (χ0) is 25.7. The van der Waals surface area contributed by atoms with Crippen LogP contribution >= 0.6 is 0 Å². The Morgan fingerprint density at radius 2 is 1.65 bits per heavy atom. The maximum atomic E-state index is 13.1. The lowest BCUT2D eigenvalue weighted by Crippen LogP contribution is -2.37. The van der Waals surface area contributed by atoms with Crippen molar-refractivity contribution in [3.8, 4) is 11.5 Å². The van der Waals surface area contributed by atoms with E-state index in [0.717, 1.165) is 44.3 Å². The van der Waals surface area contributed by atoms with Crippen LogP contribution in [-0.2, 0) is 11.3 Å². The Hall–Kier alpha value is -3.31. The number of nitrogens with zero attached hydrogens (tertiary/aromatic N) is 1. The van der Waals surface area contributed by atoms with E-state index in [0.29, 0.717) is 25.4 Å². The first-order valence-corrected chi connectivity index (χ1v) is 13.6. The van der Waals surface area contributed by atoms with Crippen LogP contribution in [0.5, 0.6) is 11.5 Å². The second-order valence-corrected chi connectivity index (χ2v) is 10.5. The third-order valence-electron chi connectivity index (χ3n) is 8.27. The van der Waals surface area contributed by atoms with Crippen molar-refractivity contribution in [3.05, 3.63) is 95.6 Å². The van der Waals surface area contributed by atoms with Crippen molar-refractivity contribution in [2.24, 2.45) is 11.3 Å². The smallest absolute Gasteiger partial charge is 0.223 e. The monoisotopic (exact) mass is 498 g/mol. The van der Waals surface area contributed by atoms with E-state index in [1.54, 1.807) is 0 Å². The Morgan fingerprint density at radius 3 is 2.27 bits per heavy atom. The van der Waals surface area contributed by atoms with Crippen LogP contribution in [0.2, 0.25) is 0 Å². The number of para-hydroxylation sites is 1. The van der Waals surface area contributed by atoms with Crippen LogP contribution in [0.3, 0.4) is 0 Å². The van der Waals surface area contributed by atoms with Gasteiger partial charge in [0.15, 0.2) is 11.5 Å². The van der Waals surface area contributed by atoms with E-state index in [9.17, 15) is 9.90 Å². The van der Waals surface area contributed by atoms with Crippen molar-refractivity contribution in [2.75, 3.05) is 26.2 Å². The third kappa shape index (κ3) is 5.83. The molecule has 1 saturated carbocycles. The van der Waals surface area contributed by atoms with Crippen molar-refractivity contribution in [2.45, 2.75) is 45.1 Å². The number of hydrogen-bond donors (Lipinski definition) is 2. The summed E-state index contributed by atoms with van der Waals surface area (Å²) in [6.45, 7) is 5.75. The van der Waals surface area contributed by atoms with Gasteiger partial charge in [0, 0.05) is 30.5 Å². The molecule has 2 aliphatic rings. The van der Waals surface area contributed by atoms with Gasteiger partial charge in [-0.3, -0.25) is 9.69 Å². The normalized spacial score (nSPS) is 18.6. The second-order valence-electron chi connectivity index (χ2n) is 10.5. The fraction of sp³-hybridized carbons (Fsp3) is 0.406. The van der Waals surface area contributed by atoms with Crippen molar-refractivity contribution in [1.82, 2.24) is 10.2 Å². The third-order valence-corrected chi connectivity index (χ3v) is 8.27. The van der Waals surface area contributed by atoms with E-state index in [1.165, 1.54) is 11.1 Å². The number of ether oxygens (including phenoxy) is 1. The van der Waals surface area contributed by atoms with Gasteiger partial charge >= 0.3 is 0 Å². The Balaban J connectivity index is 1.11. The zero-order valence-corrected chi connectivity index (χ0v) is 21.7. The number of piperidine rings is 1. The molecule has 3 aromatic rings. The Morgan fingerprint density at radius 1 is 1.00 bits per heavy atom. The molecule has 2 fully saturated rings. The summed E-state index contributed by atoms with van der Waals surface area (Å²) in [6, 6.07) is 26.9. The number of aromatic hydroxyl groups is 1. The van der Waals surface area contributed by atoms with Crippen LogP contribution in [0.1, 0.15) is 55.2 Å². The van der Waals surface area contributed by atoms with E-state index in [4.69, 9.17) is 4.74 Å². The standard InChI is InChI=1S/C32H38N2O3/c1-2-37-29-15-9-14-26(30(29)35)23-34-20-17-32(18-21-34)22-28(32)31(36)33-19-16-27(24-10-5-3-6-11-24)25-12-7-4-8-13-25/h3-15,27-28,35H,2,16-23H2,1H3,(H,33,36)/t28-/m0/s1. The van der Waals surface area contributed by atoms with Gasteiger partial charge in [0.25, 0.3) is 0 Å². The van der Waals surface area contributed by atoms with Crippen LogP contribution in [0.4, 0.5) is 0 Å². The molecule has 1 spiro atoms. The minimum Gasteiger partial charge on any atom is -0.504 e. The fourth-order valence-electron chi connectivity index (χ4n) is 6.00.